The molecule has 1 nitrogen and oxygen atoms in total. The molecule has 0 aliphatic carbocycles. The normalized spacial score (nSPS) is 21.3. The van der Waals surface area contributed by atoms with Crippen molar-refractivity contribution in [2.24, 2.45) is 0 Å². The highest BCUT2D eigenvalue weighted by Gasteiger charge is 1.86. The molecule has 0 unspecified atom stereocenters. The van der Waals surface area contributed by atoms with Gasteiger partial charge in [0, 0.05) is 6.54 Å². The average molecular weight is 81.1 g/mol. The summed E-state index contributed by atoms with van der Waals surface area (Å²) in [4.78, 5) is 0. The molecule has 0 saturated heterocycles. The van der Waals surface area contributed by atoms with E-state index in [0.29, 0.717) is 0 Å². The molecule has 1 heteroatoms. The lowest BCUT2D eigenvalue weighted by atomic mass is 10.3. The van der Waals surface area contributed by atoms with Gasteiger partial charge < -0.3 is 5.32 Å². The Morgan fingerprint density at radius 1 is 1.50 bits per heavy atom. The van der Waals surface area contributed by atoms with Gasteiger partial charge >= 0.3 is 0 Å². The van der Waals surface area contributed by atoms with E-state index in [-0.39, 0.29) is 0 Å². The summed E-state index contributed by atoms with van der Waals surface area (Å²) in [5, 5.41) is 2.95. The minimum Gasteiger partial charge on any atom is -0.304 e. The van der Waals surface area contributed by atoms with Crippen molar-refractivity contribution in [1.29, 1.82) is 0 Å². The molecule has 0 aromatic carbocycles. The van der Waals surface area contributed by atoms with E-state index in [4.69, 9.17) is 0 Å². The van der Waals surface area contributed by atoms with Crippen LogP contribution in [0.25, 0.3) is 0 Å². The third-order valence-electron chi connectivity index (χ3n) is 0.731. The molecule has 0 atom stereocenters. The fraction of sp³-hybridized carbons (Fsp3) is 0.400. The van der Waals surface area contributed by atoms with Crippen LogP contribution in [0.1, 0.15) is 6.42 Å². The Hall–Kier alpha value is -0.300. The van der Waals surface area contributed by atoms with Crippen molar-refractivity contribution in [1.82, 2.24) is 5.32 Å². The molecular weight excluding hydrogens is 74.1 g/mol. The van der Waals surface area contributed by atoms with Gasteiger partial charge in [-0.3, -0.25) is 0 Å². The van der Waals surface area contributed by atoms with Gasteiger partial charge in [0.05, 0.1) is 6.54 Å². The zero-order chi connectivity index (χ0) is 4.24. The van der Waals surface area contributed by atoms with Crippen LogP contribution in [0.5, 0.6) is 0 Å². The molecule has 0 aromatic heterocycles. The molecule has 1 aliphatic rings. The molecule has 1 rings (SSSR count). The molecule has 1 N–H and O–H groups in total. The highest BCUT2D eigenvalue weighted by molar-refractivity contribution is 4.93. The Kier molecular flexibility index (Phi) is 1.28. The largest absolute Gasteiger partial charge is 0.304 e. The number of hydrogen-bond donors (Lipinski definition) is 1. The van der Waals surface area contributed by atoms with Crippen LogP contribution in [-0.4, -0.2) is 6.54 Å². The average Bonchev–Trinajstić information content (AvgIpc) is 1.72. The van der Waals surface area contributed by atoms with E-state index < -0.39 is 0 Å². The minimum atomic E-state index is 0.958. The lowest BCUT2D eigenvalue weighted by molar-refractivity contribution is 0.829. The number of hydrogen-bond acceptors (Lipinski definition) is 1. The van der Waals surface area contributed by atoms with Gasteiger partial charge in [0.25, 0.3) is 0 Å². The van der Waals surface area contributed by atoms with E-state index in [9.17, 15) is 0 Å². The fourth-order valence-electron chi connectivity index (χ4n) is 0.429. The van der Waals surface area contributed by atoms with Gasteiger partial charge in [-0.15, -0.1) is 0 Å². The van der Waals surface area contributed by atoms with Gasteiger partial charge in [0.1, 0.15) is 0 Å². The Bertz CT molecular complexity index is 49.0. The van der Waals surface area contributed by atoms with Crippen LogP contribution in [0.15, 0.2) is 12.2 Å². The van der Waals surface area contributed by atoms with Crippen molar-refractivity contribution in [3.05, 3.63) is 18.7 Å². The first-order valence-electron chi connectivity index (χ1n) is 2.11. The molecule has 0 bridgehead atoms. The van der Waals surface area contributed by atoms with E-state index in [1.54, 1.807) is 0 Å². The number of rotatable bonds is 0. The van der Waals surface area contributed by atoms with Crippen LogP contribution in [0.4, 0.5) is 0 Å². The van der Waals surface area contributed by atoms with Gasteiger partial charge in [-0.2, -0.15) is 0 Å². The van der Waals surface area contributed by atoms with Gasteiger partial charge in [-0.1, -0.05) is 12.2 Å². The summed E-state index contributed by atoms with van der Waals surface area (Å²) in [6.07, 6.45) is 5.15. The van der Waals surface area contributed by atoms with Crippen molar-refractivity contribution < 1.29 is 0 Å². The SMILES string of the molecule is [C]1CC=CCN1. The maximum absolute atomic E-state index is 2.95. The third-order valence-corrected chi connectivity index (χ3v) is 0.731. The molecule has 2 radical (unpaired) electrons. The quantitative estimate of drug-likeness (QED) is 0.420. The molecule has 6 heavy (non-hydrogen) atoms. The van der Waals surface area contributed by atoms with Crippen LogP contribution in [0.3, 0.4) is 0 Å². The lowest BCUT2D eigenvalue weighted by Gasteiger charge is -1.99. The minimum absolute atomic E-state index is 0.958. The van der Waals surface area contributed by atoms with Crippen LogP contribution in [0, 0.1) is 6.54 Å². The first-order valence-corrected chi connectivity index (χ1v) is 2.11. The first-order chi connectivity index (χ1) is 3.00. The molecule has 0 aromatic rings. The summed E-state index contributed by atoms with van der Waals surface area (Å²) in [6, 6.07) is 0. The molecule has 0 saturated carbocycles. The van der Waals surface area contributed by atoms with Crippen molar-refractivity contribution >= 4 is 0 Å². The Labute approximate surface area is 38.1 Å². The fourth-order valence-corrected chi connectivity index (χ4v) is 0.429. The topological polar surface area (TPSA) is 12.0 Å². The molecule has 0 spiro atoms. The highest BCUT2D eigenvalue weighted by Crippen LogP contribution is 1.89. The van der Waals surface area contributed by atoms with Crippen LogP contribution in [0.2, 0.25) is 0 Å². The van der Waals surface area contributed by atoms with E-state index in [2.05, 4.69) is 24.0 Å². The first kappa shape index (κ1) is 3.88. The van der Waals surface area contributed by atoms with E-state index in [1.165, 1.54) is 0 Å². The maximum Gasteiger partial charge on any atom is 0.0629 e. The lowest BCUT2D eigenvalue weighted by Crippen LogP contribution is -2.11. The van der Waals surface area contributed by atoms with Crippen molar-refractivity contribution in [2.45, 2.75) is 6.42 Å². The molecule has 0 amide bonds. The van der Waals surface area contributed by atoms with Crippen LogP contribution < -0.4 is 5.32 Å². The molecule has 0 fully saturated rings. The Morgan fingerprint density at radius 3 is 2.67 bits per heavy atom. The zero-order valence-corrected chi connectivity index (χ0v) is 3.57. The monoisotopic (exact) mass is 81.1 g/mol. The molecular formula is C5H7N. The highest BCUT2D eigenvalue weighted by atomic mass is 14.8. The van der Waals surface area contributed by atoms with E-state index >= 15 is 0 Å². The summed E-state index contributed by atoms with van der Waals surface area (Å²) < 4.78 is 0. The van der Waals surface area contributed by atoms with Crippen molar-refractivity contribution in [3.8, 4) is 0 Å². The second-order valence-electron chi connectivity index (χ2n) is 1.23. The van der Waals surface area contributed by atoms with Crippen LogP contribution >= 0.6 is 0 Å². The van der Waals surface area contributed by atoms with Crippen molar-refractivity contribution in [3.63, 3.8) is 0 Å². The smallest absolute Gasteiger partial charge is 0.0629 e. The molecule has 1 heterocycles. The second-order valence-corrected chi connectivity index (χ2v) is 1.23. The second kappa shape index (κ2) is 1.98. The van der Waals surface area contributed by atoms with E-state index in [1.807, 2.05) is 0 Å². The van der Waals surface area contributed by atoms with E-state index in [0.717, 1.165) is 13.0 Å². The van der Waals surface area contributed by atoms with Gasteiger partial charge in [0.2, 0.25) is 0 Å². The predicted octanol–water partition coefficient (Wildman–Crippen LogP) is 0.575. The van der Waals surface area contributed by atoms with Gasteiger partial charge in [0.15, 0.2) is 0 Å². The summed E-state index contributed by atoms with van der Waals surface area (Å²) in [6.45, 7) is 3.91. The Balaban J connectivity index is 2.26. The number of nitrogens with one attached hydrogen (secondary N) is 1. The summed E-state index contributed by atoms with van der Waals surface area (Å²) in [7, 11) is 0. The maximum atomic E-state index is 2.95. The molecule has 32 valence electrons. The third kappa shape index (κ3) is 0.830. The van der Waals surface area contributed by atoms with Gasteiger partial charge in [-0.25, -0.2) is 0 Å². The van der Waals surface area contributed by atoms with Crippen molar-refractivity contribution in [2.75, 3.05) is 6.54 Å². The zero-order valence-electron chi connectivity index (χ0n) is 3.57. The predicted molar refractivity (Wildman–Crippen MR) is 25.0 cm³/mol. The summed E-state index contributed by atoms with van der Waals surface area (Å²) >= 11 is 0. The summed E-state index contributed by atoms with van der Waals surface area (Å²) in [5.74, 6) is 0. The standard InChI is InChI=1S/C5H7N/c1-2-4-6-5-3-1/h1-2,6H,3-4H2. The summed E-state index contributed by atoms with van der Waals surface area (Å²) in [5.41, 5.74) is 0. The van der Waals surface area contributed by atoms with Crippen LogP contribution in [-0.2, 0) is 0 Å². The Morgan fingerprint density at radius 2 is 2.50 bits per heavy atom. The molecule has 1 aliphatic heterocycles. The van der Waals surface area contributed by atoms with Gasteiger partial charge in [-0.05, 0) is 6.42 Å².